The number of nitrogens with one attached hydrogen (secondary N) is 3. The van der Waals surface area contributed by atoms with E-state index in [1.165, 1.54) is 11.1 Å². The Morgan fingerprint density at radius 1 is 1.43 bits per heavy atom. The van der Waals surface area contributed by atoms with Crippen molar-refractivity contribution in [2.75, 3.05) is 26.2 Å². The van der Waals surface area contributed by atoms with Crippen LogP contribution in [0.3, 0.4) is 0 Å². The summed E-state index contributed by atoms with van der Waals surface area (Å²) in [4.78, 5) is 20.0. The third-order valence-electron chi connectivity index (χ3n) is 4.34. The van der Waals surface area contributed by atoms with Gasteiger partial charge >= 0.3 is 0 Å². The number of ether oxygens (including phenoxy) is 1. The molecule has 0 bridgehead atoms. The fraction of sp³-hybridized carbons (Fsp3) is 0.529. The number of fused-ring (bicyclic) bond motifs is 1. The van der Waals surface area contributed by atoms with Gasteiger partial charge in [-0.25, -0.2) is 4.98 Å². The molecule has 1 saturated heterocycles. The second-order valence-electron chi connectivity index (χ2n) is 6.05. The standard InChI is InChI=1S/C17H24N4O2/c1-11-5-6-13-16(12(11)2)21-15(20-13)4-3-7-19-17(22)14-10-18-8-9-23-14/h5-6,14,18H,3-4,7-10H2,1-2H3,(H,19,22)(H,20,21)/t14-/m1/s1. The largest absolute Gasteiger partial charge is 0.366 e. The molecular formula is C17H24N4O2. The number of morpholine rings is 1. The van der Waals surface area contributed by atoms with Crippen LogP contribution in [0.5, 0.6) is 0 Å². The van der Waals surface area contributed by atoms with Crippen LogP contribution in [0.25, 0.3) is 11.0 Å². The minimum Gasteiger partial charge on any atom is -0.366 e. The Morgan fingerprint density at radius 3 is 3.09 bits per heavy atom. The highest BCUT2D eigenvalue weighted by molar-refractivity contribution is 5.81. The van der Waals surface area contributed by atoms with Gasteiger partial charge in [-0.15, -0.1) is 0 Å². The normalized spacial score (nSPS) is 18.3. The molecule has 1 amide bonds. The van der Waals surface area contributed by atoms with Gasteiger partial charge in [-0.05, 0) is 37.5 Å². The summed E-state index contributed by atoms with van der Waals surface area (Å²) in [6, 6.07) is 4.18. The smallest absolute Gasteiger partial charge is 0.250 e. The summed E-state index contributed by atoms with van der Waals surface area (Å²) >= 11 is 0. The van der Waals surface area contributed by atoms with Crippen LogP contribution in [0.1, 0.15) is 23.4 Å². The van der Waals surface area contributed by atoms with Crippen molar-refractivity contribution >= 4 is 16.9 Å². The molecule has 1 aliphatic heterocycles. The molecule has 0 radical (unpaired) electrons. The zero-order chi connectivity index (χ0) is 16.2. The Labute approximate surface area is 136 Å². The number of amides is 1. The fourth-order valence-corrected chi connectivity index (χ4v) is 2.80. The predicted molar refractivity (Wildman–Crippen MR) is 89.5 cm³/mol. The molecule has 3 rings (SSSR count). The Hall–Kier alpha value is -1.92. The maximum absolute atomic E-state index is 11.9. The van der Waals surface area contributed by atoms with E-state index in [2.05, 4.69) is 46.6 Å². The maximum Gasteiger partial charge on any atom is 0.250 e. The van der Waals surface area contributed by atoms with Crippen molar-refractivity contribution < 1.29 is 9.53 Å². The van der Waals surface area contributed by atoms with Crippen molar-refractivity contribution in [1.29, 1.82) is 0 Å². The minimum absolute atomic E-state index is 0.0340. The molecule has 1 fully saturated rings. The molecule has 2 heterocycles. The first-order valence-electron chi connectivity index (χ1n) is 8.20. The molecule has 0 spiro atoms. The lowest BCUT2D eigenvalue weighted by Gasteiger charge is -2.22. The van der Waals surface area contributed by atoms with Crippen LogP contribution >= 0.6 is 0 Å². The summed E-state index contributed by atoms with van der Waals surface area (Å²) < 4.78 is 5.43. The zero-order valence-corrected chi connectivity index (χ0v) is 13.7. The number of rotatable bonds is 5. The summed E-state index contributed by atoms with van der Waals surface area (Å²) in [5, 5.41) is 6.09. The summed E-state index contributed by atoms with van der Waals surface area (Å²) in [6.45, 7) is 6.83. The number of hydrogen-bond donors (Lipinski definition) is 3. The van der Waals surface area contributed by atoms with Gasteiger partial charge in [-0.2, -0.15) is 0 Å². The quantitative estimate of drug-likeness (QED) is 0.725. The summed E-state index contributed by atoms with van der Waals surface area (Å²) in [6.07, 6.45) is 1.31. The number of hydrogen-bond acceptors (Lipinski definition) is 4. The van der Waals surface area contributed by atoms with Gasteiger partial charge in [0.15, 0.2) is 0 Å². The molecule has 1 aromatic carbocycles. The molecule has 3 N–H and O–H groups in total. The molecular weight excluding hydrogens is 292 g/mol. The number of aromatic nitrogens is 2. The molecule has 0 saturated carbocycles. The van der Waals surface area contributed by atoms with Gasteiger partial charge in [0.1, 0.15) is 11.9 Å². The maximum atomic E-state index is 11.9. The van der Waals surface area contributed by atoms with E-state index in [4.69, 9.17) is 4.74 Å². The topological polar surface area (TPSA) is 79.0 Å². The second kappa shape index (κ2) is 7.10. The van der Waals surface area contributed by atoms with Gasteiger partial charge in [0.25, 0.3) is 0 Å². The van der Waals surface area contributed by atoms with Crippen molar-refractivity contribution in [3.63, 3.8) is 0 Å². The lowest BCUT2D eigenvalue weighted by atomic mass is 10.1. The van der Waals surface area contributed by atoms with Gasteiger partial charge in [0.2, 0.25) is 5.91 Å². The van der Waals surface area contributed by atoms with E-state index < -0.39 is 0 Å². The van der Waals surface area contributed by atoms with Crippen LogP contribution in [0, 0.1) is 13.8 Å². The number of benzene rings is 1. The minimum atomic E-state index is -0.361. The van der Waals surface area contributed by atoms with E-state index in [9.17, 15) is 4.79 Å². The average Bonchev–Trinajstić information content (AvgIpc) is 2.99. The highest BCUT2D eigenvalue weighted by atomic mass is 16.5. The van der Waals surface area contributed by atoms with E-state index in [1.54, 1.807) is 0 Å². The lowest BCUT2D eigenvalue weighted by Crippen LogP contribution is -2.48. The third kappa shape index (κ3) is 3.71. The van der Waals surface area contributed by atoms with Gasteiger partial charge in [-0.1, -0.05) is 6.07 Å². The first-order valence-corrected chi connectivity index (χ1v) is 8.20. The summed E-state index contributed by atoms with van der Waals surface area (Å²) in [5.74, 6) is 0.937. The average molecular weight is 316 g/mol. The number of H-pyrrole nitrogens is 1. The summed E-state index contributed by atoms with van der Waals surface area (Å²) in [5.41, 5.74) is 4.60. The molecule has 2 aromatic rings. The van der Waals surface area contributed by atoms with Crippen LogP contribution in [-0.2, 0) is 16.0 Å². The Bertz CT molecular complexity index is 689. The van der Waals surface area contributed by atoms with E-state index >= 15 is 0 Å². The Morgan fingerprint density at radius 2 is 2.30 bits per heavy atom. The number of nitrogens with zero attached hydrogens (tertiary/aromatic N) is 1. The van der Waals surface area contributed by atoms with Crippen molar-refractivity contribution in [3.05, 3.63) is 29.1 Å². The second-order valence-corrected chi connectivity index (χ2v) is 6.05. The molecule has 1 atom stereocenters. The first kappa shape index (κ1) is 16.0. The highest BCUT2D eigenvalue weighted by Gasteiger charge is 2.20. The van der Waals surface area contributed by atoms with Gasteiger partial charge in [-0.3, -0.25) is 4.79 Å². The van der Waals surface area contributed by atoms with Gasteiger partial charge < -0.3 is 20.4 Å². The molecule has 23 heavy (non-hydrogen) atoms. The molecule has 0 aliphatic carbocycles. The fourth-order valence-electron chi connectivity index (χ4n) is 2.80. The van der Waals surface area contributed by atoms with Crippen LogP contribution in [0.2, 0.25) is 0 Å². The lowest BCUT2D eigenvalue weighted by molar-refractivity contribution is -0.134. The number of aryl methyl sites for hydroxylation is 3. The van der Waals surface area contributed by atoms with Crippen LogP contribution < -0.4 is 10.6 Å². The SMILES string of the molecule is Cc1ccc2[nH]c(CCCNC(=O)[C@H]3CNCCO3)nc2c1C. The van der Waals surface area contributed by atoms with E-state index in [0.717, 1.165) is 36.2 Å². The molecule has 1 aromatic heterocycles. The van der Waals surface area contributed by atoms with Crippen molar-refractivity contribution in [2.45, 2.75) is 32.8 Å². The molecule has 1 aliphatic rings. The summed E-state index contributed by atoms with van der Waals surface area (Å²) in [7, 11) is 0. The monoisotopic (exact) mass is 316 g/mol. The number of carbonyl (C=O) groups excluding carboxylic acids is 1. The van der Waals surface area contributed by atoms with Crippen molar-refractivity contribution in [1.82, 2.24) is 20.6 Å². The van der Waals surface area contributed by atoms with Gasteiger partial charge in [0.05, 0.1) is 17.6 Å². The van der Waals surface area contributed by atoms with E-state index in [-0.39, 0.29) is 12.0 Å². The molecule has 6 heteroatoms. The van der Waals surface area contributed by atoms with Crippen LogP contribution in [0.15, 0.2) is 12.1 Å². The third-order valence-corrected chi connectivity index (χ3v) is 4.34. The first-order chi connectivity index (χ1) is 11.1. The van der Waals surface area contributed by atoms with Gasteiger partial charge in [0, 0.05) is 26.1 Å². The Balaban J connectivity index is 1.49. The highest BCUT2D eigenvalue weighted by Crippen LogP contribution is 2.19. The molecule has 6 nitrogen and oxygen atoms in total. The van der Waals surface area contributed by atoms with E-state index in [1.807, 2.05) is 0 Å². The van der Waals surface area contributed by atoms with Crippen LogP contribution in [-0.4, -0.2) is 48.2 Å². The molecule has 0 unspecified atom stereocenters. The zero-order valence-electron chi connectivity index (χ0n) is 13.7. The number of carbonyl (C=O) groups is 1. The number of aromatic amines is 1. The van der Waals surface area contributed by atoms with E-state index in [0.29, 0.717) is 19.7 Å². The predicted octanol–water partition coefficient (Wildman–Crippen LogP) is 1.22. The molecule has 124 valence electrons. The van der Waals surface area contributed by atoms with Crippen molar-refractivity contribution in [2.24, 2.45) is 0 Å². The number of imidazole rings is 1. The Kier molecular flexibility index (Phi) is 4.93. The van der Waals surface area contributed by atoms with Crippen LogP contribution in [0.4, 0.5) is 0 Å². The van der Waals surface area contributed by atoms with Crippen molar-refractivity contribution in [3.8, 4) is 0 Å².